The zero-order valence-corrected chi connectivity index (χ0v) is 12.2. The number of benzene rings is 1. The number of rotatable bonds is 5. The van der Waals surface area contributed by atoms with Gasteiger partial charge in [0, 0.05) is 23.1 Å². The average molecular weight is 324 g/mol. The second-order valence-corrected chi connectivity index (χ2v) is 5.10. The lowest BCUT2D eigenvalue weighted by molar-refractivity contribution is 0.516. The Morgan fingerprint density at radius 1 is 1.37 bits per heavy atom. The fraction of sp³-hybridized carbons (Fsp3) is 0.286. The molecule has 1 heterocycles. The zero-order chi connectivity index (χ0) is 13.7. The van der Waals surface area contributed by atoms with Gasteiger partial charge in [-0.15, -0.1) is 0 Å². The molecule has 2 rings (SSSR count). The third-order valence-electron chi connectivity index (χ3n) is 2.82. The Balaban J connectivity index is 2.24. The van der Waals surface area contributed by atoms with E-state index in [1.165, 1.54) is 6.07 Å². The maximum absolute atomic E-state index is 13.8. The minimum atomic E-state index is -0.199. The van der Waals surface area contributed by atoms with Crippen LogP contribution in [0.5, 0.6) is 0 Å². The summed E-state index contributed by atoms with van der Waals surface area (Å²) in [4.78, 5) is 8.35. The lowest BCUT2D eigenvalue weighted by atomic mass is 10.0. The predicted molar refractivity (Wildman–Crippen MR) is 76.3 cm³/mol. The standard InChI is InChI=1S/C14H15BrFN3/c1-2-18-13(14-9-17-5-6-19-14)8-10-7-11(15)3-4-12(10)16/h3-7,9,13,18H,2,8H2,1H3. The van der Waals surface area contributed by atoms with E-state index in [0.29, 0.717) is 12.0 Å². The van der Waals surface area contributed by atoms with E-state index < -0.39 is 0 Å². The van der Waals surface area contributed by atoms with Crippen molar-refractivity contribution in [1.29, 1.82) is 0 Å². The molecule has 0 saturated heterocycles. The molecule has 19 heavy (non-hydrogen) atoms. The number of nitrogens with zero attached hydrogens (tertiary/aromatic N) is 2. The Labute approximate surface area is 120 Å². The largest absolute Gasteiger partial charge is 0.309 e. The highest BCUT2D eigenvalue weighted by Crippen LogP contribution is 2.21. The number of aromatic nitrogens is 2. The van der Waals surface area contributed by atoms with Crippen LogP contribution in [0.15, 0.2) is 41.3 Å². The summed E-state index contributed by atoms with van der Waals surface area (Å²) < 4.78 is 14.7. The first-order valence-electron chi connectivity index (χ1n) is 6.14. The zero-order valence-electron chi connectivity index (χ0n) is 10.6. The molecule has 5 heteroatoms. The van der Waals surface area contributed by atoms with Crippen LogP contribution in [0.1, 0.15) is 24.2 Å². The normalized spacial score (nSPS) is 12.4. The number of nitrogens with one attached hydrogen (secondary N) is 1. The number of hydrogen-bond acceptors (Lipinski definition) is 3. The first-order chi connectivity index (χ1) is 9.20. The van der Waals surface area contributed by atoms with Crippen LogP contribution in [-0.4, -0.2) is 16.5 Å². The van der Waals surface area contributed by atoms with E-state index in [4.69, 9.17) is 0 Å². The molecular formula is C14H15BrFN3. The molecule has 1 N–H and O–H groups in total. The second kappa shape index (κ2) is 6.73. The molecule has 1 unspecified atom stereocenters. The van der Waals surface area contributed by atoms with Gasteiger partial charge in [-0.2, -0.15) is 0 Å². The van der Waals surface area contributed by atoms with Crippen LogP contribution in [0.4, 0.5) is 4.39 Å². The summed E-state index contributed by atoms with van der Waals surface area (Å²) >= 11 is 3.37. The summed E-state index contributed by atoms with van der Waals surface area (Å²) in [5, 5.41) is 3.31. The maximum atomic E-state index is 13.8. The molecule has 0 fully saturated rings. The predicted octanol–water partition coefficient (Wildman–Crippen LogP) is 3.27. The fourth-order valence-corrected chi connectivity index (χ4v) is 2.35. The van der Waals surface area contributed by atoms with E-state index in [1.807, 2.05) is 6.92 Å². The molecule has 3 nitrogen and oxygen atoms in total. The van der Waals surface area contributed by atoms with E-state index in [2.05, 4.69) is 31.2 Å². The Hall–Kier alpha value is -1.33. The molecule has 0 bridgehead atoms. The van der Waals surface area contributed by atoms with Crippen LogP contribution >= 0.6 is 15.9 Å². The molecule has 0 aliphatic heterocycles. The lowest BCUT2D eigenvalue weighted by Gasteiger charge is -2.17. The summed E-state index contributed by atoms with van der Waals surface area (Å²) in [7, 11) is 0. The van der Waals surface area contributed by atoms with Crippen molar-refractivity contribution in [2.75, 3.05) is 6.54 Å². The minimum absolute atomic E-state index is 0.0394. The van der Waals surface area contributed by atoms with Crippen molar-refractivity contribution in [3.63, 3.8) is 0 Å². The Bertz CT molecular complexity index is 533. The molecule has 1 aromatic carbocycles. The summed E-state index contributed by atoms with van der Waals surface area (Å²) in [6.07, 6.45) is 5.53. The molecular weight excluding hydrogens is 309 g/mol. The SMILES string of the molecule is CCNC(Cc1cc(Br)ccc1F)c1cnccn1. The monoisotopic (exact) mass is 323 g/mol. The highest BCUT2D eigenvalue weighted by atomic mass is 79.9. The van der Waals surface area contributed by atoms with Gasteiger partial charge in [0.05, 0.1) is 11.7 Å². The van der Waals surface area contributed by atoms with E-state index >= 15 is 0 Å². The number of halogens is 2. The molecule has 1 aromatic heterocycles. The molecule has 0 saturated carbocycles. The lowest BCUT2D eigenvalue weighted by Crippen LogP contribution is -2.24. The smallest absolute Gasteiger partial charge is 0.126 e. The van der Waals surface area contributed by atoms with Gasteiger partial charge in [-0.3, -0.25) is 9.97 Å². The fourth-order valence-electron chi connectivity index (χ4n) is 1.94. The van der Waals surface area contributed by atoms with Gasteiger partial charge in [-0.05, 0) is 36.7 Å². The topological polar surface area (TPSA) is 37.8 Å². The first-order valence-corrected chi connectivity index (χ1v) is 6.93. The van der Waals surface area contributed by atoms with Gasteiger partial charge in [0.25, 0.3) is 0 Å². The van der Waals surface area contributed by atoms with Crippen molar-refractivity contribution < 1.29 is 4.39 Å². The van der Waals surface area contributed by atoms with Crippen molar-refractivity contribution in [3.8, 4) is 0 Å². The molecule has 1 atom stereocenters. The van der Waals surface area contributed by atoms with Gasteiger partial charge in [0.15, 0.2) is 0 Å². The van der Waals surface area contributed by atoms with Crippen molar-refractivity contribution in [2.24, 2.45) is 0 Å². The Morgan fingerprint density at radius 3 is 2.89 bits per heavy atom. The molecule has 0 spiro atoms. The van der Waals surface area contributed by atoms with E-state index in [1.54, 1.807) is 30.7 Å². The third kappa shape index (κ3) is 3.81. The third-order valence-corrected chi connectivity index (χ3v) is 3.32. The van der Waals surface area contributed by atoms with E-state index in [9.17, 15) is 4.39 Å². The van der Waals surface area contributed by atoms with Gasteiger partial charge in [-0.1, -0.05) is 22.9 Å². The molecule has 100 valence electrons. The second-order valence-electron chi connectivity index (χ2n) is 4.18. The van der Waals surface area contributed by atoms with Gasteiger partial charge in [0.1, 0.15) is 5.82 Å². The van der Waals surface area contributed by atoms with Crippen molar-refractivity contribution in [1.82, 2.24) is 15.3 Å². The van der Waals surface area contributed by atoms with Crippen LogP contribution in [0.25, 0.3) is 0 Å². The molecule has 0 aliphatic rings. The molecule has 2 aromatic rings. The van der Waals surface area contributed by atoms with Crippen molar-refractivity contribution >= 4 is 15.9 Å². The molecule has 0 amide bonds. The van der Waals surface area contributed by atoms with E-state index in [-0.39, 0.29) is 11.9 Å². The van der Waals surface area contributed by atoms with Gasteiger partial charge >= 0.3 is 0 Å². The molecule has 0 radical (unpaired) electrons. The molecule has 0 aliphatic carbocycles. The quantitative estimate of drug-likeness (QED) is 0.917. The van der Waals surface area contributed by atoms with Crippen LogP contribution in [-0.2, 0) is 6.42 Å². The van der Waals surface area contributed by atoms with Gasteiger partial charge in [-0.25, -0.2) is 4.39 Å². The van der Waals surface area contributed by atoms with Crippen molar-refractivity contribution in [2.45, 2.75) is 19.4 Å². The Kier molecular flexibility index (Phi) is 4.99. The highest BCUT2D eigenvalue weighted by Gasteiger charge is 2.15. The number of hydrogen-bond donors (Lipinski definition) is 1. The van der Waals surface area contributed by atoms with Crippen LogP contribution in [0, 0.1) is 5.82 Å². The highest BCUT2D eigenvalue weighted by molar-refractivity contribution is 9.10. The van der Waals surface area contributed by atoms with Gasteiger partial charge < -0.3 is 5.32 Å². The summed E-state index contributed by atoms with van der Waals surface area (Å²) in [6.45, 7) is 2.80. The number of likely N-dealkylation sites (N-methyl/N-ethyl adjacent to an activating group) is 1. The maximum Gasteiger partial charge on any atom is 0.126 e. The van der Waals surface area contributed by atoms with E-state index in [0.717, 1.165) is 16.7 Å². The van der Waals surface area contributed by atoms with Crippen LogP contribution in [0.2, 0.25) is 0 Å². The Morgan fingerprint density at radius 2 is 2.21 bits per heavy atom. The van der Waals surface area contributed by atoms with Gasteiger partial charge in [0.2, 0.25) is 0 Å². The van der Waals surface area contributed by atoms with Crippen molar-refractivity contribution in [3.05, 3.63) is 58.3 Å². The van der Waals surface area contributed by atoms with Crippen LogP contribution in [0.3, 0.4) is 0 Å². The summed E-state index contributed by atoms with van der Waals surface area (Å²) in [6, 6.07) is 4.93. The minimum Gasteiger partial charge on any atom is -0.309 e. The van der Waals surface area contributed by atoms with Crippen LogP contribution < -0.4 is 5.32 Å². The first kappa shape index (κ1) is 14.1. The average Bonchev–Trinajstić information content (AvgIpc) is 2.43. The summed E-state index contributed by atoms with van der Waals surface area (Å²) in [5.41, 5.74) is 1.48. The summed E-state index contributed by atoms with van der Waals surface area (Å²) in [5.74, 6) is -0.199.